The van der Waals surface area contributed by atoms with Gasteiger partial charge in [0.2, 0.25) is 0 Å². The smallest absolute Gasteiger partial charge is 0.255 e. The van der Waals surface area contributed by atoms with Crippen molar-refractivity contribution in [1.29, 1.82) is 0 Å². The third kappa shape index (κ3) is 3.07. The van der Waals surface area contributed by atoms with E-state index in [1.54, 1.807) is 38.2 Å². The molecule has 1 heterocycles. The van der Waals surface area contributed by atoms with Crippen LogP contribution in [0.4, 0.5) is 15.9 Å². The van der Waals surface area contributed by atoms with Crippen molar-refractivity contribution >= 4 is 17.4 Å². The second-order valence-corrected chi connectivity index (χ2v) is 4.10. The lowest BCUT2D eigenvalue weighted by molar-refractivity contribution is 0.102. The van der Waals surface area contributed by atoms with E-state index in [2.05, 4.69) is 15.6 Å². The molecule has 0 saturated heterocycles. The van der Waals surface area contributed by atoms with Crippen molar-refractivity contribution in [2.24, 2.45) is 0 Å². The molecule has 0 aliphatic rings. The molecular formula is C14H14FN3O. The van der Waals surface area contributed by atoms with E-state index in [0.29, 0.717) is 22.6 Å². The third-order valence-electron chi connectivity index (χ3n) is 2.71. The first kappa shape index (κ1) is 13.0. The van der Waals surface area contributed by atoms with E-state index in [9.17, 15) is 9.18 Å². The molecular weight excluding hydrogens is 245 g/mol. The quantitative estimate of drug-likeness (QED) is 0.891. The molecule has 1 amide bonds. The Morgan fingerprint density at radius 1 is 1.26 bits per heavy atom. The van der Waals surface area contributed by atoms with Gasteiger partial charge in [-0.1, -0.05) is 6.07 Å². The maximum Gasteiger partial charge on any atom is 0.255 e. The first-order valence-electron chi connectivity index (χ1n) is 5.81. The predicted molar refractivity (Wildman–Crippen MR) is 72.9 cm³/mol. The Hall–Kier alpha value is -2.43. The molecule has 98 valence electrons. The van der Waals surface area contributed by atoms with E-state index >= 15 is 0 Å². The van der Waals surface area contributed by atoms with Crippen LogP contribution in [0.2, 0.25) is 0 Å². The third-order valence-corrected chi connectivity index (χ3v) is 2.71. The van der Waals surface area contributed by atoms with Gasteiger partial charge in [-0.2, -0.15) is 0 Å². The molecule has 0 radical (unpaired) electrons. The van der Waals surface area contributed by atoms with Crippen LogP contribution in [0.25, 0.3) is 0 Å². The number of rotatable bonds is 3. The van der Waals surface area contributed by atoms with Gasteiger partial charge in [0.15, 0.2) is 0 Å². The number of amides is 1. The van der Waals surface area contributed by atoms with Crippen molar-refractivity contribution in [2.45, 2.75) is 6.92 Å². The van der Waals surface area contributed by atoms with Gasteiger partial charge in [-0.05, 0) is 36.8 Å². The number of aromatic nitrogens is 1. The average Bonchev–Trinajstić information content (AvgIpc) is 2.43. The highest BCUT2D eigenvalue weighted by Crippen LogP contribution is 2.15. The lowest BCUT2D eigenvalue weighted by atomic mass is 10.2. The normalized spacial score (nSPS) is 10.1. The lowest BCUT2D eigenvalue weighted by Crippen LogP contribution is -2.12. The molecule has 0 bridgehead atoms. The molecule has 19 heavy (non-hydrogen) atoms. The Morgan fingerprint density at radius 3 is 2.74 bits per heavy atom. The highest BCUT2D eigenvalue weighted by molar-refractivity contribution is 6.04. The summed E-state index contributed by atoms with van der Waals surface area (Å²) in [6.07, 6.45) is 1.54. The number of halogens is 1. The van der Waals surface area contributed by atoms with E-state index in [4.69, 9.17) is 0 Å². The van der Waals surface area contributed by atoms with Gasteiger partial charge < -0.3 is 10.6 Å². The van der Waals surface area contributed by atoms with Gasteiger partial charge in [-0.15, -0.1) is 0 Å². The minimum Gasteiger partial charge on any atom is -0.373 e. The van der Waals surface area contributed by atoms with Gasteiger partial charge >= 0.3 is 0 Å². The maximum absolute atomic E-state index is 13.4. The summed E-state index contributed by atoms with van der Waals surface area (Å²) in [7, 11) is 1.72. The zero-order valence-corrected chi connectivity index (χ0v) is 10.7. The molecule has 0 fully saturated rings. The summed E-state index contributed by atoms with van der Waals surface area (Å²) >= 11 is 0. The van der Waals surface area contributed by atoms with E-state index in [0.717, 1.165) is 0 Å². The Balaban J connectivity index is 2.18. The summed E-state index contributed by atoms with van der Waals surface area (Å²) in [6, 6.07) is 7.81. The number of benzene rings is 1. The van der Waals surface area contributed by atoms with Crippen molar-refractivity contribution in [3.63, 3.8) is 0 Å². The summed E-state index contributed by atoms with van der Waals surface area (Å²) in [5, 5.41) is 5.49. The summed E-state index contributed by atoms with van der Waals surface area (Å²) in [4.78, 5) is 16.0. The molecule has 1 aromatic heterocycles. The Kier molecular flexibility index (Phi) is 3.75. The van der Waals surface area contributed by atoms with E-state index in [1.807, 2.05) is 0 Å². The summed E-state index contributed by atoms with van der Waals surface area (Å²) in [5.41, 5.74) is 1.43. The molecule has 0 aliphatic heterocycles. The second-order valence-electron chi connectivity index (χ2n) is 4.10. The zero-order valence-electron chi connectivity index (χ0n) is 10.7. The molecule has 2 aromatic rings. The van der Waals surface area contributed by atoms with Gasteiger partial charge in [0.1, 0.15) is 11.6 Å². The van der Waals surface area contributed by atoms with E-state index < -0.39 is 0 Å². The number of anilines is 2. The summed E-state index contributed by atoms with van der Waals surface area (Å²) in [6.45, 7) is 1.67. The van der Waals surface area contributed by atoms with Crippen LogP contribution in [-0.2, 0) is 0 Å². The molecule has 2 rings (SSSR count). The molecule has 0 spiro atoms. The van der Waals surface area contributed by atoms with Crippen molar-refractivity contribution < 1.29 is 9.18 Å². The fourth-order valence-electron chi connectivity index (χ4n) is 1.58. The molecule has 0 saturated carbocycles. The van der Waals surface area contributed by atoms with Crippen molar-refractivity contribution in [2.75, 3.05) is 17.7 Å². The number of aryl methyl sites for hydroxylation is 1. The molecule has 0 atom stereocenters. The summed E-state index contributed by atoms with van der Waals surface area (Å²) in [5.74, 6) is -0.0478. The van der Waals surface area contributed by atoms with E-state index in [1.165, 1.54) is 12.3 Å². The Labute approximate surface area is 110 Å². The highest BCUT2D eigenvalue weighted by atomic mass is 19.1. The van der Waals surface area contributed by atoms with Gasteiger partial charge in [-0.3, -0.25) is 4.79 Å². The van der Waals surface area contributed by atoms with E-state index in [-0.39, 0.29) is 11.7 Å². The van der Waals surface area contributed by atoms with Crippen LogP contribution in [0, 0.1) is 12.7 Å². The fraction of sp³-hybridized carbons (Fsp3) is 0.143. The number of carbonyl (C=O) groups is 1. The van der Waals surface area contributed by atoms with Crippen LogP contribution >= 0.6 is 0 Å². The molecule has 2 N–H and O–H groups in total. The predicted octanol–water partition coefficient (Wildman–Crippen LogP) is 2.82. The highest BCUT2D eigenvalue weighted by Gasteiger charge is 2.08. The molecule has 1 aromatic carbocycles. The topological polar surface area (TPSA) is 54.0 Å². The fourth-order valence-corrected chi connectivity index (χ4v) is 1.58. The molecule has 0 unspecified atom stereocenters. The second kappa shape index (κ2) is 5.48. The van der Waals surface area contributed by atoms with Crippen LogP contribution in [0.1, 0.15) is 15.9 Å². The number of nitrogens with zero attached hydrogens (tertiary/aromatic N) is 1. The first-order chi connectivity index (χ1) is 9.10. The summed E-state index contributed by atoms with van der Waals surface area (Å²) < 4.78 is 13.4. The minimum absolute atomic E-state index is 0.304. The van der Waals surface area contributed by atoms with Crippen LogP contribution in [0.3, 0.4) is 0 Å². The largest absolute Gasteiger partial charge is 0.373 e. The van der Waals surface area contributed by atoms with Gasteiger partial charge in [0, 0.05) is 24.5 Å². The van der Waals surface area contributed by atoms with Crippen molar-refractivity contribution in [1.82, 2.24) is 4.98 Å². The molecule has 4 nitrogen and oxygen atoms in total. The van der Waals surface area contributed by atoms with Gasteiger partial charge in [-0.25, -0.2) is 9.37 Å². The zero-order chi connectivity index (χ0) is 13.8. The molecule has 5 heteroatoms. The first-order valence-corrected chi connectivity index (χ1v) is 5.81. The van der Waals surface area contributed by atoms with Crippen LogP contribution in [0.5, 0.6) is 0 Å². The number of hydrogen-bond acceptors (Lipinski definition) is 3. The van der Waals surface area contributed by atoms with Crippen LogP contribution in [0.15, 0.2) is 36.5 Å². The van der Waals surface area contributed by atoms with Crippen LogP contribution in [-0.4, -0.2) is 17.9 Å². The number of pyridine rings is 1. The van der Waals surface area contributed by atoms with Gasteiger partial charge in [0.25, 0.3) is 5.91 Å². The SMILES string of the molecule is CNc1cc(C(=O)Nc2ccc(C)c(F)c2)ccn1. The Morgan fingerprint density at radius 2 is 2.05 bits per heavy atom. The minimum atomic E-state index is -0.344. The van der Waals surface area contributed by atoms with Gasteiger partial charge in [0.05, 0.1) is 0 Å². The Bertz CT molecular complexity index is 613. The van der Waals surface area contributed by atoms with Crippen molar-refractivity contribution in [3.05, 3.63) is 53.5 Å². The van der Waals surface area contributed by atoms with Crippen molar-refractivity contribution in [3.8, 4) is 0 Å². The molecule has 0 aliphatic carbocycles. The number of carbonyl (C=O) groups excluding carboxylic acids is 1. The lowest BCUT2D eigenvalue weighted by Gasteiger charge is -2.07. The monoisotopic (exact) mass is 259 g/mol. The average molecular weight is 259 g/mol. The van der Waals surface area contributed by atoms with Crippen LogP contribution < -0.4 is 10.6 Å². The standard InChI is InChI=1S/C14H14FN3O/c1-9-3-4-11(8-12(9)15)18-14(19)10-5-6-17-13(7-10)16-2/h3-8H,1-2H3,(H,16,17)(H,18,19). The number of hydrogen-bond donors (Lipinski definition) is 2. The number of nitrogens with one attached hydrogen (secondary N) is 2. The maximum atomic E-state index is 13.4.